The van der Waals surface area contributed by atoms with Crippen molar-refractivity contribution in [1.29, 1.82) is 0 Å². The molecular formula is C19H35IN4O2S2. The second kappa shape index (κ2) is 13.0. The number of thiophene rings is 1. The van der Waals surface area contributed by atoms with Crippen LogP contribution in [0.2, 0.25) is 0 Å². The number of guanidine groups is 1. The third-order valence-corrected chi connectivity index (χ3v) is 6.89. The van der Waals surface area contributed by atoms with Gasteiger partial charge in [0.05, 0.1) is 18.3 Å². The summed E-state index contributed by atoms with van der Waals surface area (Å²) in [5, 5.41) is 8.66. The standard InChI is InChI=1S/C19H34N4O2S2.HI/c1-4-20-19(21-10-6-14-27(3,24)25)22-15-17(18-7-5-13-26-18)23-11-8-16(2)9-12-23;/h5,7,13,16-17H,4,6,8-12,14-15H2,1-3H3,(H2,20,21,22);1H. The Bertz CT molecular complexity index is 672. The van der Waals surface area contributed by atoms with Crippen molar-refractivity contribution in [2.24, 2.45) is 10.9 Å². The predicted molar refractivity (Wildman–Crippen MR) is 131 cm³/mol. The van der Waals surface area contributed by atoms with Gasteiger partial charge in [-0.05, 0) is 56.6 Å². The van der Waals surface area contributed by atoms with Gasteiger partial charge < -0.3 is 10.6 Å². The highest BCUT2D eigenvalue weighted by Gasteiger charge is 2.25. The van der Waals surface area contributed by atoms with Crippen LogP contribution in [0.25, 0.3) is 0 Å². The second-order valence-corrected chi connectivity index (χ2v) is 10.6. The van der Waals surface area contributed by atoms with Gasteiger partial charge in [0, 0.05) is 24.2 Å². The SMILES string of the molecule is CCNC(=NCC(c1cccs1)N1CCC(C)CC1)NCCCS(C)(=O)=O.I. The molecule has 2 heterocycles. The lowest BCUT2D eigenvalue weighted by Gasteiger charge is -2.35. The fourth-order valence-corrected chi connectivity index (χ4v) is 4.79. The van der Waals surface area contributed by atoms with E-state index in [2.05, 4.69) is 40.0 Å². The average Bonchev–Trinajstić information content (AvgIpc) is 3.13. The van der Waals surface area contributed by atoms with E-state index >= 15 is 0 Å². The van der Waals surface area contributed by atoms with Gasteiger partial charge in [0.15, 0.2) is 5.96 Å². The van der Waals surface area contributed by atoms with Gasteiger partial charge in [-0.2, -0.15) is 0 Å². The second-order valence-electron chi connectivity index (χ2n) is 7.38. The van der Waals surface area contributed by atoms with Gasteiger partial charge in [-0.15, -0.1) is 35.3 Å². The summed E-state index contributed by atoms with van der Waals surface area (Å²) >= 11 is 1.80. The Morgan fingerprint density at radius 2 is 2.07 bits per heavy atom. The number of sulfone groups is 1. The Morgan fingerprint density at radius 3 is 2.64 bits per heavy atom. The number of halogens is 1. The summed E-state index contributed by atoms with van der Waals surface area (Å²) in [4.78, 5) is 8.73. The van der Waals surface area contributed by atoms with Crippen LogP contribution < -0.4 is 10.6 Å². The molecule has 9 heteroatoms. The zero-order valence-corrected chi connectivity index (χ0v) is 21.1. The largest absolute Gasteiger partial charge is 0.357 e. The number of hydrogen-bond acceptors (Lipinski definition) is 5. The first-order valence-corrected chi connectivity index (χ1v) is 12.8. The zero-order valence-electron chi connectivity index (χ0n) is 17.2. The number of aliphatic imine (C=N–C) groups is 1. The molecule has 0 bridgehead atoms. The number of hydrogen-bond donors (Lipinski definition) is 2. The van der Waals surface area contributed by atoms with Crippen molar-refractivity contribution in [3.8, 4) is 0 Å². The molecule has 2 rings (SSSR count). The van der Waals surface area contributed by atoms with Gasteiger partial charge in [-0.3, -0.25) is 9.89 Å². The van der Waals surface area contributed by atoms with Gasteiger partial charge in [0.1, 0.15) is 9.84 Å². The van der Waals surface area contributed by atoms with E-state index in [0.29, 0.717) is 25.6 Å². The summed E-state index contributed by atoms with van der Waals surface area (Å²) in [5.74, 6) is 1.77. The maximum atomic E-state index is 11.3. The quantitative estimate of drug-likeness (QED) is 0.217. The molecule has 2 N–H and O–H groups in total. The molecule has 0 amide bonds. The fourth-order valence-electron chi connectivity index (χ4n) is 3.27. The minimum absolute atomic E-state index is 0. The Morgan fingerprint density at radius 1 is 1.36 bits per heavy atom. The van der Waals surface area contributed by atoms with E-state index in [1.807, 2.05) is 6.92 Å². The van der Waals surface area contributed by atoms with Crippen LogP contribution in [0.3, 0.4) is 0 Å². The maximum Gasteiger partial charge on any atom is 0.191 e. The highest BCUT2D eigenvalue weighted by atomic mass is 127. The van der Waals surface area contributed by atoms with E-state index in [0.717, 1.165) is 31.5 Å². The monoisotopic (exact) mass is 542 g/mol. The molecule has 162 valence electrons. The number of piperidine rings is 1. The molecule has 6 nitrogen and oxygen atoms in total. The van der Waals surface area contributed by atoms with Crippen LogP contribution in [0.1, 0.15) is 44.0 Å². The summed E-state index contributed by atoms with van der Waals surface area (Å²) in [6.45, 7) is 8.70. The molecule has 28 heavy (non-hydrogen) atoms. The maximum absolute atomic E-state index is 11.3. The Balaban J connectivity index is 0.00000392. The molecule has 0 saturated carbocycles. The van der Waals surface area contributed by atoms with E-state index < -0.39 is 9.84 Å². The third kappa shape index (κ3) is 9.41. The van der Waals surface area contributed by atoms with Crippen molar-refractivity contribution in [2.75, 3.05) is 44.7 Å². The first-order valence-electron chi connectivity index (χ1n) is 9.86. The van der Waals surface area contributed by atoms with Gasteiger partial charge in [-0.25, -0.2) is 8.42 Å². The summed E-state index contributed by atoms with van der Waals surface area (Å²) in [5.41, 5.74) is 0. The van der Waals surface area contributed by atoms with Crippen LogP contribution in [-0.4, -0.2) is 64.0 Å². The third-order valence-electron chi connectivity index (χ3n) is 4.88. The lowest BCUT2D eigenvalue weighted by atomic mass is 9.97. The highest BCUT2D eigenvalue weighted by molar-refractivity contribution is 14.0. The van der Waals surface area contributed by atoms with Crippen LogP contribution in [0.15, 0.2) is 22.5 Å². The van der Waals surface area contributed by atoms with Crippen LogP contribution >= 0.6 is 35.3 Å². The molecule has 1 aromatic heterocycles. The van der Waals surface area contributed by atoms with Crippen molar-refractivity contribution < 1.29 is 8.42 Å². The van der Waals surface area contributed by atoms with Crippen LogP contribution in [0.4, 0.5) is 0 Å². The molecule has 1 atom stereocenters. The van der Waals surface area contributed by atoms with Crippen molar-refractivity contribution in [3.63, 3.8) is 0 Å². The molecule has 1 unspecified atom stereocenters. The van der Waals surface area contributed by atoms with E-state index in [4.69, 9.17) is 4.99 Å². The predicted octanol–water partition coefficient (Wildman–Crippen LogP) is 3.13. The highest BCUT2D eigenvalue weighted by Crippen LogP contribution is 2.29. The average molecular weight is 543 g/mol. The number of nitrogens with zero attached hydrogens (tertiary/aromatic N) is 2. The molecule has 0 aromatic carbocycles. The zero-order chi connectivity index (χ0) is 19.7. The molecule has 1 saturated heterocycles. The van der Waals surface area contributed by atoms with Gasteiger partial charge in [-0.1, -0.05) is 13.0 Å². The van der Waals surface area contributed by atoms with E-state index in [1.54, 1.807) is 11.3 Å². The van der Waals surface area contributed by atoms with Gasteiger partial charge >= 0.3 is 0 Å². The minimum Gasteiger partial charge on any atom is -0.357 e. The van der Waals surface area contributed by atoms with Crippen molar-refractivity contribution in [3.05, 3.63) is 22.4 Å². The lowest BCUT2D eigenvalue weighted by molar-refractivity contribution is 0.143. The van der Waals surface area contributed by atoms with Crippen LogP contribution in [-0.2, 0) is 9.84 Å². The topological polar surface area (TPSA) is 73.8 Å². The molecule has 0 spiro atoms. The molecule has 1 fully saturated rings. The van der Waals surface area contributed by atoms with Gasteiger partial charge in [0.2, 0.25) is 0 Å². The first-order chi connectivity index (χ1) is 12.9. The van der Waals surface area contributed by atoms with E-state index in [1.165, 1.54) is 24.0 Å². The summed E-state index contributed by atoms with van der Waals surface area (Å²) in [6.07, 6.45) is 4.35. The molecule has 1 aliphatic rings. The molecule has 0 radical (unpaired) electrons. The summed E-state index contributed by atoms with van der Waals surface area (Å²) in [6, 6.07) is 4.62. The Hall–Kier alpha value is -0.390. The summed E-state index contributed by atoms with van der Waals surface area (Å²) in [7, 11) is -2.91. The molecule has 0 aliphatic carbocycles. The van der Waals surface area contributed by atoms with E-state index in [-0.39, 0.29) is 29.7 Å². The normalized spacial score (nSPS) is 17.8. The van der Waals surface area contributed by atoms with Gasteiger partial charge in [0.25, 0.3) is 0 Å². The molecule has 1 aromatic rings. The van der Waals surface area contributed by atoms with E-state index in [9.17, 15) is 8.42 Å². The Kier molecular flexibility index (Phi) is 11.9. The smallest absolute Gasteiger partial charge is 0.191 e. The first kappa shape index (κ1) is 25.6. The number of rotatable bonds is 9. The Labute approximate surface area is 191 Å². The van der Waals surface area contributed by atoms with Crippen molar-refractivity contribution in [1.82, 2.24) is 15.5 Å². The fraction of sp³-hybridized carbons (Fsp3) is 0.737. The van der Waals surface area contributed by atoms with Crippen LogP contribution in [0.5, 0.6) is 0 Å². The number of nitrogens with one attached hydrogen (secondary N) is 2. The minimum atomic E-state index is -2.91. The van der Waals surface area contributed by atoms with Crippen molar-refractivity contribution in [2.45, 2.75) is 39.2 Å². The summed E-state index contributed by atoms with van der Waals surface area (Å²) < 4.78 is 22.5. The molecular weight excluding hydrogens is 507 g/mol. The number of likely N-dealkylation sites (tertiary alicyclic amines) is 1. The van der Waals surface area contributed by atoms with Crippen LogP contribution in [0, 0.1) is 5.92 Å². The van der Waals surface area contributed by atoms with Crippen molar-refractivity contribution >= 4 is 51.1 Å². The lowest BCUT2D eigenvalue weighted by Crippen LogP contribution is -2.40. The molecule has 1 aliphatic heterocycles.